The van der Waals surface area contributed by atoms with E-state index in [-0.39, 0.29) is 5.88 Å². The van der Waals surface area contributed by atoms with Crippen molar-refractivity contribution in [2.45, 2.75) is 5.92 Å². The molecule has 1 atom stereocenters. The molecule has 0 amide bonds. The van der Waals surface area contributed by atoms with Gasteiger partial charge in [0, 0.05) is 4.88 Å². The number of hydrogen-bond donors (Lipinski definition) is 1. The van der Waals surface area contributed by atoms with Crippen LogP contribution in [0.2, 0.25) is 0 Å². The van der Waals surface area contributed by atoms with Crippen LogP contribution in [0.25, 0.3) is 17.1 Å². The molecule has 142 valence electrons. The average Bonchev–Trinajstić information content (AvgIpc) is 3.47. The number of benzene rings is 1. The number of thiophene rings is 1. The molecule has 0 bridgehead atoms. The first-order valence-corrected chi connectivity index (χ1v) is 10.3. The number of rotatable bonds is 3. The molecule has 3 aromatic heterocycles. The van der Waals surface area contributed by atoms with Gasteiger partial charge in [0.2, 0.25) is 11.8 Å². The normalized spacial score (nSPS) is 15.7. The van der Waals surface area contributed by atoms with Crippen molar-refractivity contribution in [3.05, 3.63) is 86.5 Å². The van der Waals surface area contributed by atoms with Gasteiger partial charge >= 0.3 is 0 Å². The summed E-state index contributed by atoms with van der Waals surface area (Å²) in [6.45, 7) is 0. The smallest absolute Gasteiger partial charge is 0.229 e. The summed E-state index contributed by atoms with van der Waals surface area (Å²) in [4.78, 5) is 0.960. The summed E-state index contributed by atoms with van der Waals surface area (Å²) in [7, 11) is 0. The highest BCUT2D eigenvalue weighted by atomic mass is 79.9. The van der Waals surface area contributed by atoms with Gasteiger partial charge in [0.25, 0.3) is 0 Å². The van der Waals surface area contributed by atoms with Crippen molar-refractivity contribution >= 4 is 27.3 Å². The Kier molecular flexibility index (Phi) is 4.27. The highest BCUT2D eigenvalue weighted by molar-refractivity contribution is 9.11. The second-order valence-corrected chi connectivity index (χ2v) is 8.85. The molecule has 0 unspecified atom stereocenters. The van der Waals surface area contributed by atoms with E-state index in [4.69, 9.17) is 20.0 Å². The van der Waals surface area contributed by atoms with Crippen molar-refractivity contribution in [2.75, 3.05) is 0 Å². The quantitative estimate of drug-likeness (QED) is 0.451. The minimum absolute atomic E-state index is 0.0811. The number of allylic oxidation sites excluding steroid dienone is 1. The van der Waals surface area contributed by atoms with Crippen LogP contribution in [0.4, 0.5) is 0 Å². The van der Waals surface area contributed by atoms with Crippen LogP contribution in [0.1, 0.15) is 16.4 Å². The lowest BCUT2D eigenvalue weighted by Crippen LogP contribution is -2.21. The Bertz CT molecular complexity index is 1270. The van der Waals surface area contributed by atoms with E-state index in [0.717, 1.165) is 19.9 Å². The second kappa shape index (κ2) is 6.95. The molecule has 1 aromatic carbocycles. The highest BCUT2D eigenvalue weighted by Crippen LogP contribution is 2.49. The Morgan fingerprint density at radius 3 is 2.62 bits per heavy atom. The van der Waals surface area contributed by atoms with Crippen LogP contribution in [0.5, 0.6) is 5.88 Å². The summed E-state index contributed by atoms with van der Waals surface area (Å²) in [5.74, 6) is 0.752. The van der Waals surface area contributed by atoms with Gasteiger partial charge in [-0.2, -0.15) is 15.0 Å². The van der Waals surface area contributed by atoms with Gasteiger partial charge in [-0.1, -0.05) is 18.2 Å². The summed E-state index contributed by atoms with van der Waals surface area (Å²) in [6, 6.07) is 19.4. The fourth-order valence-corrected chi connectivity index (χ4v) is 4.99. The van der Waals surface area contributed by atoms with Gasteiger partial charge in [0.1, 0.15) is 17.3 Å². The maximum absolute atomic E-state index is 9.85. The number of fused-ring (bicyclic) bond motifs is 1. The molecule has 0 spiro atoms. The Labute approximate surface area is 178 Å². The van der Waals surface area contributed by atoms with Gasteiger partial charge in [-0.15, -0.1) is 11.3 Å². The summed E-state index contributed by atoms with van der Waals surface area (Å²) >= 11 is 5.06. The minimum atomic E-state index is -0.405. The lowest BCUT2D eigenvalue weighted by Gasteiger charge is -2.23. The lowest BCUT2D eigenvalue weighted by atomic mass is 9.88. The predicted molar refractivity (Wildman–Crippen MR) is 113 cm³/mol. The number of nitrogens with two attached hydrogens (primary N) is 1. The summed E-state index contributed by atoms with van der Waals surface area (Å²) < 4.78 is 14.3. The van der Waals surface area contributed by atoms with Crippen LogP contribution < -0.4 is 10.5 Å². The first-order chi connectivity index (χ1) is 14.2. The number of para-hydroxylation sites is 1. The standard InChI is InChI=1S/C21H13BrN4O2S/c22-16-9-8-15(29-16)17-13(11-23)20(24)28-21-18(17)19(14-7-4-10-27-14)25-26(21)12-5-2-1-3-6-12/h1-10,17H,24H2/t17-/m1/s1. The topological polar surface area (TPSA) is 90.0 Å². The van der Waals surface area contributed by atoms with Crippen LogP contribution in [-0.2, 0) is 0 Å². The van der Waals surface area contributed by atoms with E-state index in [1.165, 1.54) is 0 Å². The zero-order valence-electron chi connectivity index (χ0n) is 14.9. The maximum Gasteiger partial charge on any atom is 0.229 e. The van der Waals surface area contributed by atoms with Crippen molar-refractivity contribution in [3.63, 3.8) is 0 Å². The Hall–Kier alpha value is -3.28. The van der Waals surface area contributed by atoms with Gasteiger partial charge in [-0.25, -0.2) is 0 Å². The number of furan rings is 1. The molecule has 1 aliphatic rings. The largest absolute Gasteiger partial charge is 0.463 e. The van der Waals surface area contributed by atoms with E-state index in [9.17, 15) is 5.26 Å². The zero-order valence-corrected chi connectivity index (χ0v) is 17.3. The summed E-state index contributed by atoms with van der Waals surface area (Å²) in [5, 5.41) is 14.6. The number of hydrogen-bond acceptors (Lipinski definition) is 6. The van der Waals surface area contributed by atoms with Crippen molar-refractivity contribution in [2.24, 2.45) is 5.73 Å². The number of halogens is 1. The average molecular weight is 465 g/mol. The van der Waals surface area contributed by atoms with Gasteiger partial charge < -0.3 is 14.9 Å². The fourth-order valence-electron chi connectivity index (χ4n) is 3.45. The van der Waals surface area contributed by atoms with E-state index < -0.39 is 5.92 Å². The molecule has 1 aliphatic heterocycles. The SMILES string of the molecule is N#CC1=C(N)Oc2c(c(-c3ccco3)nn2-c2ccccc2)[C@H]1c1ccc(Br)s1. The molecule has 5 rings (SSSR count). The van der Waals surface area contributed by atoms with Gasteiger partial charge in [-0.3, -0.25) is 0 Å². The third kappa shape index (κ3) is 2.87. The molecule has 2 N–H and O–H groups in total. The Balaban J connectivity index is 1.83. The molecule has 4 heterocycles. The first kappa shape index (κ1) is 17.8. The number of aromatic nitrogens is 2. The number of nitrogens with zero attached hydrogens (tertiary/aromatic N) is 3. The van der Waals surface area contributed by atoms with Crippen LogP contribution in [0.15, 0.2) is 80.5 Å². The molecule has 0 saturated carbocycles. The van der Waals surface area contributed by atoms with E-state index >= 15 is 0 Å². The lowest BCUT2D eigenvalue weighted by molar-refractivity contribution is 0.367. The molecular weight excluding hydrogens is 452 g/mol. The van der Waals surface area contributed by atoms with Crippen molar-refractivity contribution in [3.8, 4) is 29.1 Å². The monoisotopic (exact) mass is 464 g/mol. The minimum Gasteiger partial charge on any atom is -0.463 e. The maximum atomic E-state index is 9.85. The number of ether oxygens (including phenoxy) is 1. The molecular formula is C21H13BrN4O2S. The van der Waals surface area contributed by atoms with Gasteiger partial charge in [-0.05, 0) is 52.3 Å². The molecule has 4 aromatic rings. The zero-order chi connectivity index (χ0) is 20.0. The fraction of sp³-hybridized carbons (Fsp3) is 0.0476. The van der Waals surface area contributed by atoms with E-state index in [1.54, 1.807) is 28.3 Å². The van der Waals surface area contributed by atoms with E-state index in [2.05, 4.69) is 22.0 Å². The van der Waals surface area contributed by atoms with Crippen LogP contribution in [0.3, 0.4) is 0 Å². The van der Waals surface area contributed by atoms with Crippen molar-refractivity contribution in [1.82, 2.24) is 9.78 Å². The summed E-state index contributed by atoms with van der Waals surface area (Å²) in [6.07, 6.45) is 1.60. The van der Waals surface area contributed by atoms with Crippen LogP contribution >= 0.6 is 27.3 Å². The van der Waals surface area contributed by atoms with Crippen LogP contribution in [-0.4, -0.2) is 9.78 Å². The molecule has 0 fully saturated rings. The molecule has 8 heteroatoms. The predicted octanol–water partition coefficient (Wildman–Crippen LogP) is 5.17. The van der Waals surface area contributed by atoms with Crippen molar-refractivity contribution < 1.29 is 9.15 Å². The molecule has 29 heavy (non-hydrogen) atoms. The summed E-state index contributed by atoms with van der Waals surface area (Å²) in [5.41, 5.74) is 8.72. The van der Waals surface area contributed by atoms with Crippen LogP contribution in [0, 0.1) is 11.3 Å². The van der Waals surface area contributed by atoms with Gasteiger partial charge in [0.05, 0.1) is 27.2 Å². The second-order valence-electron chi connectivity index (χ2n) is 6.36. The molecule has 6 nitrogen and oxygen atoms in total. The first-order valence-electron chi connectivity index (χ1n) is 8.72. The number of nitriles is 1. The van der Waals surface area contributed by atoms with E-state index in [0.29, 0.717) is 22.9 Å². The van der Waals surface area contributed by atoms with E-state index in [1.807, 2.05) is 48.5 Å². The molecule has 0 radical (unpaired) electrons. The third-order valence-corrected chi connectivity index (χ3v) is 6.37. The highest BCUT2D eigenvalue weighted by Gasteiger charge is 2.39. The molecule has 0 saturated heterocycles. The molecule has 0 aliphatic carbocycles. The Morgan fingerprint density at radius 2 is 1.97 bits per heavy atom. The van der Waals surface area contributed by atoms with Gasteiger partial charge in [0.15, 0.2) is 5.76 Å². The Morgan fingerprint density at radius 1 is 1.14 bits per heavy atom. The third-order valence-electron chi connectivity index (χ3n) is 4.68. The van der Waals surface area contributed by atoms with Crippen molar-refractivity contribution in [1.29, 1.82) is 5.26 Å².